The number of ether oxygens (including phenoxy) is 2. The highest BCUT2D eigenvalue weighted by molar-refractivity contribution is 5.43. The topological polar surface area (TPSA) is 44.5 Å². The lowest BCUT2D eigenvalue weighted by Crippen LogP contribution is -2.21. The molecule has 96 valence electrons. The smallest absolute Gasteiger partial charge is 0.161 e. The fourth-order valence-electron chi connectivity index (χ4n) is 1.64. The Morgan fingerprint density at radius 3 is 2.47 bits per heavy atom. The molecule has 0 bridgehead atoms. The summed E-state index contributed by atoms with van der Waals surface area (Å²) >= 11 is 0. The summed E-state index contributed by atoms with van der Waals surface area (Å²) < 4.78 is 11.0. The maximum absolute atomic E-state index is 5.95. The third kappa shape index (κ3) is 4.27. The van der Waals surface area contributed by atoms with Gasteiger partial charge in [0.15, 0.2) is 11.5 Å². The monoisotopic (exact) mass is 237 g/mol. The fraction of sp³-hybridized carbons (Fsp3) is 0.571. The van der Waals surface area contributed by atoms with Crippen molar-refractivity contribution < 1.29 is 9.47 Å². The number of benzene rings is 1. The molecule has 0 aliphatic rings. The quantitative estimate of drug-likeness (QED) is 0.827. The van der Waals surface area contributed by atoms with Gasteiger partial charge in [0.2, 0.25) is 0 Å². The summed E-state index contributed by atoms with van der Waals surface area (Å²) in [6.07, 6.45) is 1.99. The zero-order valence-corrected chi connectivity index (χ0v) is 11.2. The number of hydrogen-bond acceptors (Lipinski definition) is 3. The van der Waals surface area contributed by atoms with E-state index in [0.717, 1.165) is 24.3 Å². The van der Waals surface area contributed by atoms with E-state index in [9.17, 15) is 0 Å². The largest absolute Gasteiger partial charge is 0.493 e. The van der Waals surface area contributed by atoms with Gasteiger partial charge in [0.25, 0.3) is 0 Å². The summed E-state index contributed by atoms with van der Waals surface area (Å²) in [5.41, 5.74) is 7.15. The molecule has 1 aromatic rings. The molecule has 1 aromatic carbocycles. The first kappa shape index (κ1) is 13.8. The third-order valence-corrected chi connectivity index (χ3v) is 2.61. The SMILES string of the molecule is CCC(N)Cc1ccc(OC)c(OC(C)C)c1. The lowest BCUT2D eigenvalue weighted by molar-refractivity contribution is 0.230. The van der Waals surface area contributed by atoms with Crippen LogP contribution in [0, 0.1) is 0 Å². The highest BCUT2D eigenvalue weighted by Gasteiger charge is 2.09. The van der Waals surface area contributed by atoms with Crippen molar-refractivity contribution in [3.63, 3.8) is 0 Å². The lowest BCUT2D eigenvalue weighted by atomic mass is 10.0. The number of rotatable bonds is 6. The van der Waals surface area contributed by atoms with E-state index >= 15 is 0 Å². The molecule has 0 saturated carbocycles. The summed E-state index contributed by atoms with van der Waals surface area (Å²) in [6, 6.07) is 6.21. The second kappa shape index (κ2) is 6.50. The molecule has 0 heterocycles. The van der Waals surface area contributed by atoms with E-state index < -0.39 is 0 Å². The summed E-state index contributed by atoms with van der Waals surface area (Å²) in [4.78, 5) is 0. The molecular weight excluding hydrogens is 214 g/mol. The molecule has 1 rings (SSSR count). The number of methoxy groups -OCH3 is 1. The Labute approximate surface area is 104 Å². The average molecular weight is 237 g/mol. The van der Waals surface area contributed by atoms with Crippen LogP contribution >= 0.6 is 0 Å². The molecule has 3 heteroatoms. The minimum atomic E-state index is 0.138. The van der Waals surface area contributed by atoms with Crippen LogP contribution in [-0.2, 0) is 6.42 Å². The van der Waals surface area contributed by atoms with Crippen molar-refractivity contribution in [2.24, 2.45) is 5.73 Å². The zero-order valence-electron chi connectivity index (χ0n) is 11.2. The van der Waals surface area contributed by atoms with Gasteiger partial charge in [-0.2, -0.15) is 0 Å². The molecule has 0 radical (unpaired) electrons. The summed E-state index contributed by atoms with van der Waals surface area (Å²) in [5.74, 6) is 1.57. The van der Waals surface area contributed by atoms with Gasteiger partial charge in [-0.05, 0) is 44.4 Å². The first-order chi connectivity index (χ1) is 8.06. The van der Waals surface area contributed by atoms with Crippen LogP contribution in [0.15, 0.2) is 18.2 Å². The molecule has 0 aliphatic carbocycles. The van der Waals surface area contributed by atoms with Crippen molar-refractivity contribution in [3.05, 3.63) is 23.8 Å². The predicted molar refractivity (Wildman–Crippen MR) is 70.7 cm³/mol. The van der Waals surface area contributed by atoms with Crippen molar-refractivity contribution in [3.8, 4) is 11.5 Å². The van der Waals surface area contributed by atoms with Crippen LogP contribution in [0.2, 0.25) is 0 Å². The van der Waals surface area contributed by atoms with Crippen molar-refractivity contribution in [1.82, 2.24) is 0 Å². The molecule has 0 aromatic heterocycles. The predicted octanol–water partition coefficient (Wildman–Crippen LogP) is 2.76. The fourth-order valence-corrected chi connectivity index (χ4v) is 1.64. The number of hydrogen-bond donors (Lipinski definition) is 1. The normalized spacial score (nSPS) is 12.6. The minimum absolute atomic E-state index is 0.138. The molecule has 0 saturated heterocycles. The minimum Gasteiger partial charge on any atom is -0.493 e. The van der Waals surface area contributed by atoms with E-state index in [1.807, 2.05) is 32.0 Å². The maximum Gasteiger partial charge on any atom is 0.161 e. The van der Waals surface area contributed by atoms with Crippen LogP contribution in [0.4, 0.5) is 0 Å². The van der Waals surface area contributed by atoms with Crippen molar-refractivity contribution in [1.29, 1.82) is 0 Å². The van der Waals surface area contributed by atoms with Gasteiger partial charge in [-0.1, -0.05) is 13.0 Å². The second-order valence-corrected chi connectivity index (χ2v) is 4.52. The summed E-state index contributed by atoms with van der Waals surface area (Å²) in [6.45, 7) is 6.10. The average Bonchev–Trinajstić information content (AvgIpc) is 2.28. The van der Waals surface area contributed by atoms with E-state index in [2.05, 4.69) is 6.92 Å². The van der Waals surface area contributed by atoms with Gasteiger partial charge in [-0.3, -0.25) is 0 Å². The van der Waals surface area contributed by atoms with E-state index in [1.165, 1.54) is 5.56 Å². The third-order valence-electron chi connectivity index (χ3n) is 2.61. The van der Waals surface area contributed by atoms with Crippen LogP contribution in [-0.4, -0.2) is 19.3 Å². The van der Waals surface area contributed by atoms with Crippen LogP contribution in [0.5, 0.6) is 11.5 Å². The van der Waals surface area contributed by atoms with Gasteiger partial charge in [0, 0.05) is 6.04 Å². The van der Waals surface area contributed by atoms with Gasteiger partial charge in [-0.25, -0.2) is 0 Å². The van der Waals surface area contributed by atoms with E-state index in [1.54, 1.807) is 7.11 Å². The van der Waals surface area contributed by atoms with Crippen LogP contribution in [0.25, 0.3) is 0 Å². The van der Waals surface area contributed by atoms with Crippen molar-refractivity contribution in [2.45, 2.75) is 45.8 Å². The molecule has 3 nitrogen and oxygen atoms in total. The Bertz CT molecular complexity index is 350. The van der Waals surface area contributed by atoms with E-state index in [-0.39, 0.29) is 12.1 Å². The Morgan fingerprint density at radius 1 is 1.24 bits per heavy atom. The molecule has 0 spiro atoms. The van der Waals surface area contributed by atoms with Gasteiger partial charge >= 0.3 is 0 Å². The lowest BCUT2D eigenvalue weighted by Gasteiger charge is -2.16. The zero-order chi connectivity index (χ0) is 12.8. The van der Waals surface area contributed by atoms with Crippen molar-refractivity contribution >= 4 is 0 Å². The molecule has 0 amide bonds. The Morgan fingerprint density at radius 2 is 1.94 bits per heavy atom. The van der Waals surface area contributed by atoms with Gasteiger partial charge in [0.1, 0.15) is 0 Å². The summed E-state index contributed by atoms with van der Waals surface area (Å²) in [7, 11) is 1.65. The van der Waals surface area contributed by atoms with Gasteiger partial charge in [0.05, 0.1) is 13.2 Å². The Kier molecular flexibility index (Phi) is 5.29. The molecule has 2 N–H and O–H groups in total. The first-order valence-electron chi connectivity index (χ1n) is 6.16. The first-order valence-corrected chi connectivity index (χ1v) is 6.16. The van der Waals surface area contributed by atoms with Crippen LogP contribution < -0.4 is 15.2 Å². The molecule has 1 atom stereocenters. The van der Waals surface area contributed by atoms with E-state index in [0.29, 0.717) is 0 Å². The Hall–Kier alpha value is -1.22. The van der Waals surface area contributed by atoms with Crippen molar-refractivity contribution in [2.75, 3.05) is 7.11 Å². The second-order valence-electron chi connectivity index (χ2n) is 4.52. The molecule has 1 unspecified atom stereocenters. The summed E-state index contributed by atoms with van der Waals surface area (Å²) in [5, 5.41) is 0. The highest BCUT2D eigenvalue weighted by atomic mass is 16.5. The maximum atomic E-state index is 5.95. The number of nitrogens with two attached hydrogens (primary N) is 1. The molecule has 17 heavy (non-hydrogen) atoms. The Balaban J connectivity index is 2.88. The highest BCUT2D eigenvalue weighted by Crippen LogP contribution is 2.29. The molecular formula is C14H23NO2. The molecule has 0 aliphatic heterocycles. The standard InChI is InChI=1S/C14H23NO2/c1-5-12(15)8-11-6-7-13(16-4)14(9-11)17-10(2)3/h6-7,9-10,12H,5,8,15H2,1-4H3. The van der Waals surface area contributed by atoms with E-state index in [4.69, 9.17) is 15.2 Å². The van der Waals surface area contributed by atoms with Crippen LogP contribution in [0.1, 0.15) is 32.8 Å². The van der Waals surface area contributed by atoms with Crippen LogP contribution in [0.3, 0.4) is 0 Å². The van der Waals surface area contributed by atoms with Gasteiger partial charge < -0.3 is 15.2 Å². The van der Waals surface area contributed by atoms with Gasteiger partial charge in [-0.15, -0.1) is 0 Å². The molecule has 0 fully saturated rings.